The molecule has 1 aromatic heterocycles. The number of aromatic nitrogens is 4. The summed E-state index contributed by atoms with van der Waals surface area (Å²) in [5.74, 6) is -0.141. The lowest BCUT2D eigenvalue weighted by atomic mass is 10.1. The monoisotopic (exact) mass is 396 g/mol. The van der Waals surface area contributed by atoms with Crippen molar-refractivity contribution in [3.8, 4) is 6.07 Å². The summed E-state index contributed by atoms with van der Waals surface area (Å²) in [5.41, 5.74) is 1.50. The number of carbonyl (C=O) groups excluding carboxylic acids is 2. The highest BCUT2D eigenvalue weighted by molar-refractivity contribution is 5.96. The van der Waals surface area contributed by atoms with E-state index in [1.165, 1.54) is 11.1 Å². The van der Waals surface area contributed by atoms with E-state index < -0.39 is 11.7 Å². The number of hydrogen-bond donors (Lipinski definition) is 3. The fourth-order valence-electron chi connectivity index (χ4n) is 2.59. The fraction of sp³-hybridized carbons (Fsp3) is 0.333. The number of rotatable bonds is 3. The molecule has 3 rings (SSSR count). The standard InChI is InChI=1S/C18H20N8O3/c1-18(2,3)29-17(28)26-9-11-6-13(4-5-14(11)21-15(27)10-26)20-8-12(7-19)16-22-24-25-23-16/h4-6,8,20H,9-10H2,1-3H3,(H,21,27)(H,22,23,24,25). The first kappa shape index (κ1) is 19.8. The number of hydrogen-bond acceptors (Lipinski definition) is 8. The maximum absolute atomic E-state index is 12.4. The van der Waals surface area contributed by atoms with Gasteiger partial charge >= 0.3 is 6.09 Å². The van der Waals surface area contributed by atoms with Crippen LogP contribution < -0.4 is 10.6 Å². The van der Waals surface area contributed by atoms with E-state index >= 15 is 0 Å². The number of benzene rings is 1. The first-order valence-electron chi connectivity index (χ1n) is 8.76. The maximum atomic E-state index is 12.4. The van der Waals surface area contributed by atoms with Crippen LogP contribution in [-0.4, -0.2) is 49.7 Å². The summed E-state index contributed by atoms with van der Waals surface area (Å²) in [5, 5.41) is 28.3. The molecule has 2 amide bonds. The molecule has 150 valence electrons. The van der Waals surface area contributed by atoms with Gasteiger partial charge in [0.2, 0.25) is 11.7 Å². The lowest BCUT2D eigenvalue weighted by Gasteiger charge is -2.25. The molecule has 1 aliphatic heterocycles. The van der Waals surface area contributed by atoms with Crippen molar-refractivity contribution in [3.05, 3.63) is 35.8 Å². The number of amides is 2. The Bertz CT molecular complexity index is 986. The minimum atomic E-state index is -0.667. The van der Waals surface area contributed by atoms with Crippen molar-refractivity contribution in [1.82, 2.24) is 25.5 Å². The van der Waals surface area contributed by atoms with Gasteiger partial charge in [-0.05, 0) is 49.7 Å². The second-order valence-electron chi connectivity index (χ2n) is 7.31. The number of ether oxygens (including phenoxy) is 1. The number of nitrogens with one attached hydrogen (secondary N) is 3. The molecule has 0 saturated carbocycles. The molecule has 29 heavy (non-hydrogen) atoms. The number of aromatic amines is 1. The number of tetrazole rings is 1. The molecule has 0 spiro atoms. The topological polar surface area (TPSA) is 149 Å². The van der Waals surface area contributed by atoms with Crippen LogP contribution >= 0.6 is 0 Å². The molecule has 11 nitrogen and oxygen atoms in total. The van der Waals surface area contributed by atoms with Crippen LogP contribution in [0.4, 0.5) is 16.2 Å². The lowest BCUT2D eigenvalue weighted by Crippen LogP contribution is -2.39. The van der Waals surface area contributed by atoms with Crippen LogP contribution in [0, 0.1) is 11.3 Å². The predicted molar refractivity (Wildman–Crippen MR) is 103 cm³/mol. The van der Waals surface area contributed by atoms with E-state index in [1.54, 1.807) is 39.0 Å². The molecule has 11 heteroatoms. The summed E-state index contributed by atoms with van der Waals surface area (Å²) in [7, 11) is 0. The first-order chi connectivity index (χ1) is 13.7. The Morgan fingerprint density at radius 2 is 2.17 bits per heavy atom. The van der Waals surface area contributed by atoms with Gasteiger partial charge in [0, 0.05) is 17.6 Å². The van der Waals surface area contributed by atoms with Gasteiger partial charge in [-0.3, -0.25) is 9.69 Å². The summed E-state index contributed by atoms with van der Waals surface area (Å²) in [6.45, 7) is 5.38. The van der Waals surface area contributed by atoms with Crippen molar-refractivity contribution in [1.29, 1.82) is 5.26 Å². The molecule has 1 aliphatic rings. The number of H-pyrrole nitrogens is 1. The second kappa shape index (κ2) is 7.97. The highest BCUT2D eigenvalue weighted by Gasteiger charge is 2.27. The van der Waals surface area contributed by atoms with E-state index in [0.29, 0.717) is 11.4 Å². The largest absolute Gasteiger partial charge is 0.444 e. The van der Waals surface area contributed by atoms with Gasteiger partial charge in [0.25, 0.3) is 0 Å². The van der Waals surface area contributed by atoms with Crippen molar-refractivity contribution in [2.75, 3.05) is 17.2 Å². The van der Waals surface area contributed by atoms with Crippen LogP contribution in [0.2, 0.25) is 0 Å². The fourth-order valence-corrected chi connectivity index (χ4v) is 2.59. The predicted octanol–water partition coefficient (Wildman–Crippen LogP) is 1.87. The van der Waals surface area contributed by atoms with Crippen LogP contribution in [0.25, 0.3) is 5.57 Å². The van der Waals surface area contributed by atoms with Crippen LogP contribution in [0.15, 0.2) is 24.4 Å². The molecule has 0 atom stereocenters. The van der Waals surface area contributed by atoms with Gasteiger partial charge in [-0.15, -0.1) is 10.2 Å². The Hall–Kier alpha value is -3.94. The van der Waals surface area contributed by atoms with E-state index in [4.69, 9.17) is 4.74 Å². The zero-order valence-electron chi connectivity index (χ0n) is 16.2. The third kappa shape index (κ3) is 5.07. The Morgan fingerprint density at radius 3 is 2.83 bits per heavy atom. The molecule has 2 aromatic rings. The number of nitriles is 1. The van der Waals surface area contributed by atoms with Crippen molar-refractivity contribution in [2.24, 2.45) is 0 Å². The van der Waals surface area contributed by atoms with Crippen molar-refractivity contribution < 1.29 is 14.3 Å². The molecular formula is C18H20N8O3. The average Bonchev–Trinajstić information content (AvgIpc) is 3.10. The van der Waals surface area contributed by atoms with E-state index in [9.17, 15) is 14.9 Å². The molecule has 0 saturated heterocycles. The number of anilines is 2. The Morgan fingerprint density at radius 1 is 1.38 bits per heavy atom. The van der Waals surface area contributed by atoms with Crippen molar-refractivity contribution in [2.45, 2.75) is 32.9 Å². The molecule has 0 bridgehead atoms. The Balaban J connectivity index is 1.81. The average molecular weight is 396 g/mol. The number of nitrogens with zero attached hydrogens (tertiary/aromatic N) is 5. The van der Waals surface area contributed by atoms with E-state index in [2.05, 4.69) is 31.3 Å². The Labute approximate surface area is 166 Å². The van der Waals surface area contributed by atoms with Crippen molar-refractivity contribution in [3.63, 3.8) is 0 Å². The van der Waals surface area contributed by atoms with Crippen molar-refractivity contribution >= 4 is 28.9 Å². The minimum Gasteiger partial charge on any atom is -0.444 e. The summed E-state index contributed by atoms with van der Waals surface area (Å²) < 4.78 is 5.38. The first-order valence-corrected chi connectivity index (χ1v) is 8.76. The van der Waals surface area contributed by atoms with Gasteiger partial charge in [0.05, 0.1) is 6.54 Å². The highest BCUT2D eigenvalue weighted by Crippen LogP contribution is 2.26. The summed E-state index contributed by atoms with van der Waals surface area (Å²) >= 11 is 0. The van der Waals surface area contributed by atoms with Gasteiger partial charge in [0.15, 0.2) is 0 Å². The van der Waals surface area contributed by atoms with Gasteiger partial charge in [0.1, 0.15) is 23.8 Å². The number of carbonyl (C=O) groups is 2. The van der Waals surface area contributed by atoms with Crippen LogP contribution in [0.1, 0.15) is 32.2 Å². The highest BCUT2D eigenvalue weighted by atomic mass is 16.6. The van der Waals surface area contributed by atoms with Crippen LogP contribution in [-0.2, 0) is 16.1 Å². The summed E-state index contributed by atoms with van der Waals surface area (Å²) in [4.78, 5) is 25.9. The maximum Gasteiger partial charge on any atom is 0.411 e. The quantitative estimate of drug-likeness (QED) is 0.666. The van der Waals surface area contributed by atoms with Crippen LogP contribution in [0.5, 0.6) is 0 Å². The zero-order chi connectivity index (χ0) is 21.0. The van der Waals surface area contributed by atoms with Gasteiger partial charge in [-0.25, -0.2) is 4.79 Å². The molecule has 2 heterocycles. The second-order valence-corrected chi connectivity index (χ2v) is 7.31. The Kier molecular flexibility index (Phi) is 5.45. The molecule has 0 fully saturated rings. The minimum absolute atomic E-state index is 0.108. The van der Waals surface area contributed by atoms with Gasteiger partial charge < -0.3 is 15.4 Å². The molecule has 0 aliphatic carbocycles. The SMILES string of the molecule is CC(C)(C)OC(=O)N1CC(=O)Nc2ccc(NC=C(C#N)c3nn[nH]n3)cc2C1. The molecular weight excluding hydrogens is 376 g/mol. The third-order valence-corrected chi connectivity index (χ3v) is 3.82. The normalized spacial score (nSPS) is 14.3. The molecule has 0 radical (unpaired) electrons. The molecule has 1 aromatic carbocycles. The smallest absolute Gasteiger partial charge is 0.411 e. The van der Waals surface area contributed by atoms with Gasteiger partial charge in [-0.1, -0.05) is 0 Å². The number of fused-ring (bicyclic) bond motifs is 1. The lowest BCUT2D eigenvalue weighted by molar-refractivity contribution is -0.117. The third-order valence-electron chi connectivity index (χ3n) is 3.82. The number of allylic oxidation sites excluding steroid dienone is 1. The molecule has 3 N–H and O–H groups in total. The van der Waals surface area contributed by atoms with E-state index in [1.807, 2.05) is 6.07 Å². The summed E-state index contributed by atoms with van der Waals surface area (Å²) in [6.07, 6.45) is 0.885. The van der Waals surface area contributed by atoms with Gasteiger partial charge in [-0.2, -0.15) is 10.5 Å². The van der Waals surface area contributed by atoms with E-state index in [0.717, 1.165) is 5.56 Å². The van der Waals surface area contributed by atoms with E-state index in [-0.39, 0.29) is 30.4 Å². The van der Waals surface area contributed by atoms with Crippen LogP contribution in [0.3, 0.4) is 0 Å². The molecule has 0 unspecified atom stereocenters. The summed E-state index contributed by atoms with van der Waals surface area (Å²) in [6, 6.07) is 7.23. The zero-order valence-corrected chi connectivity index (χ0v) is 16.2.